The van der Waals surface area contributed by atoms with E-state index in [1.54, 1.807) is 30.8 Å². The minimum atomic E-state index is -1.15. The van der Waals surface area contributed by atoms with Gasteiger partial charge in [0.15, 0.2) is 5.78 Å². The van der Waals surface area contributed by atoms with Crippen molar-refractivity contribution in [3.05, 3.63) is 27.7 Å². The minimum absolute atomic E-state index is 0.0520. The van der Waals surface area contributed by atoms with Crippen LogP contribution >= 0.6 is 11.3 Å². The number of ketones is 1. The lowest BCUT2D eigenvalue weighted by molar-refractivity contribution is -0.233. The Bertz CT molecular complexity index is 1620. The first-order valence-electron chi connectivity index (χ1n) is 21.1. The molecule has 1 aromatic heterocycles. The number of carboxylic acid groups (broad SMARTS) is 1. The van der Waals surface area contributed by atoms with Crippen LogP contribution < -0.4 is 0 Å². The van der Waals surface area contributed by atoms with Crippen LogP contribution in [0.3, 0.4) is 0 Å². The summed E-state index contributed by atoms with van der Waals surface area (Å²) in [6.07, 6.45) is 12.0. The Morgan fingerprint density at radius 1 is 0.963 bits per heavy atom. The molecule has 0 bridgehead atoms. The molecule has 1 aromatic rings. The van der Waals surface area contributed by atoms with Crippen molar-refractivity contribution in [1.29, 1.82) is 0 Å². The van der Waals surface area contributed by atoms with Crippen LogP contribution in [0, 0.1) is 56.2 Å². The number of allylic oxidation sites excluding steroid dienone is 2. The van der Waals surface area contributed by atoms with Crippen molar-refractivity contribution in [1.82, 2.24) is 14.8 Å². The molecule has 9 heteroatoms. The van der Waals surface area contributed by atoms with Gasteiger partial charge in [-0.15, -0.1) is 11.3 Å². The number of carbonyl (C=O) groups is 3. The van der Waals surface area contributed by atoms with Crippen molar-refractivity contribution in [3.8, 4) is 0 Å². The molecule has 1 N–H and O–H groups in total. The Labute approximate surface area is 330 Å². The van der Waals surface area contributed by atoms with Gasteiger partial charge in [-0.2, -0.15) is 0 Å². The first-order valence-corrected chi connectivity index (χ1v) is 22.0. The quantitative estimate of drug-likeness (QED) is 0.199. The average molecular weight is 766 g/mol. The topological polar surface area (TPSA) is 100 Å². The van der Waals surface area contributed by atoms with Gasteiger partial charge in [0.05, 0.1) is 18.4 Å². The highest BCUT2D eigenvalue weighted by Crippen LogP contribution is 2.77. The first kappa shape index (κ1) is 41.5. The molecule has 0 saturated heterocycles. The molecule has 0 aromatic carbocycles. The Kier molecular flexibility index (Phi) is 11.3. The largest absolute Gasteiger partial charge is 0.481 e. The van der Waals surface area contributed by atoms with Crippen molar-refractivity contribution in [2.24, 2.45) is 56.2 Å². The predicted octanol–water partition coefficient (Wildman–Crippen LogP) is 9.29. The fourth-order valence-electron chi connectivity index (χ4n) is 13.4. The Hall–Kier alpha value is -2.10. The third-order valence-corrected chi connectivity index (χ3v) is 17.3. The van der Waals surface area contributed by atoms with Crippen molar-refractivity contribution in [3.63, 3.8) is 0 Å². The van der Waals surface area contributed by atoms with Crippen LogP contribution in [0.5, 0.6) is 0 Å². The molecule has 2 unspecified atom stereocenters. The van der Waals surface area contributed by atoms with Crippen molar-refractivity contribution >= 4 is 29.1 Å². The number of aromatic nitrogens is 1. The molecule has 5 aliphatic carbocycles. The predicted molar refractivity (Wildman–Crippen MR) is 216 cm³/mol. The van der Waals surface area contributed by atoms with E-state index in [1.807, 2.05) is 6.20 Å². The highest BCUT2D eigenvalue weighted by Gasteiger charge is 2.70. The van der Waals surface area contributed by atoms with E-state index < -0.39 is 17.4 Å². The van der Waals surface area contributed by atoms with E-state index in [4.69, 9.17) is 4.74 Å². The second-order valence-electron chi connectivity index (χ2n) is 20.9. The average Bonchev–Trinajstić information content (AvgIpc) is 3.69. The molecule has 5 aliphatic rings. The molecule has 0 radical (unpaired) electrons. The minimum Gasteiger partial charge on any atom is -0.481 e. The normalized spacial score (nSPS) is 36.2. The number of carboxylic acids is 1. The van der Waals surface area contributed by atoms with Crippen molar-refractivity contribution < 1.29 is 24.2 Å². The zero-order valence-electron chi connectivity index (χ0n) is 35.5. The first-order chi connectivity index (χ1) is 25.1. The number of likely N-dealkylation sites (N-methyl/N-ethyl adjacent to an activating group) is 1. The number of nitrogens with zero attached hydrogens (tertiary/aromatic N) is 3. The Morgan fingerprint density at radius 2 is 1.69 bits per heavy atom. The Morgan fingerprint density at radius 3 is 2.31 bits per heavy atom. The summed E-state index contributed by atoms with van der Waals surface area (Å²) in [4.78, 5) is 48.6. The van der Waals surface area contributed by atoms with Crippen molar-refractivity contribution in [2.75, 3.05) is 33.7 Å². The maximum absolute atomic E-state index is 14.2. The maximum Gasteiger partial charge on any atom is 0.309 e. The summed E-state index contributed by atoms with van der Waals surface area (Å²) in [6.45, 7) is 24.0. The molecule has 1 heterocycles. The zero-order chi connectivity index (χ0) is 39.6. The highest BCUT2D eigenvalue weighted by atomic mass is 32.1. The molecule has 4 saturated carbocycles. The second-order valence-corrected chi connectivity index (χ2v) is 21.9. The van der Waals surface area contributed by atoms with E-state index >= 15 is 0 Å². The number of Topliss-reactive ketones (excluding diaryl/α,β-unsaturated/α-hetero) is 1. The lowest BCUT2D eigenvalue weighted by Gasteiger charge is -2.72. The van der Waals surface area contributed by atoms with Gasteiger partial charge in [-0.1, -0.05) is 54.0 Å². The number of hydrogen-bond donors (Lipinski definition) is 1. The summed E-state index contributed by atoms with van der Waals surface area (Å²) in [5.41, 5.74) is 1.68. The Balaban J connectivity index is 1.26. The summed E-state index contributed by atoms with van der Waals surface area (Å²) >= 11 is 1.73. The van der Waals surface area contributed by atoms with Gasteiger partial charge in [0.25, 0.3) is 0 Å². The standard InChI is InChI=1S/C45H71N3O5S/c1-29(2)37-31(49)26-45(20-22-48(24-23-47(10)11)28-35-46-21-25-54-35)19-18-43(8)30(38(37)45)12-13-33-42(7)16-15-34(53-36(50)27-40(3,4)39(51)52)41(5,6)32(42)14-17-44(33,43)9/h21,25,29-30,32-34H,12-20,22-24,26-28H2,1-11H3,(H,51,52)/t30-,32?,33?,34+,42+,43-,44-,45-/m1/s1. The molecule has 8 atom stereocenters. The summed E-state index contributed by atoms with van der Waals surface area (Å²) < 4.78 is 6.20. The molecular weight excluding hydrogens is 695 g/mol. The fourth-order valence-corrected chi connectivity index (χ4v) is 14.0. The molecule has 6 rings (SSSR count). The van der Waals surface area contributed by atoms with Gasteiger partial charge in [-0.05, 0) is 138 Å². The number of fused-ring (bicyclic) bond motifs is 7. The molecule has 4 fully saturated rings. The SMILES string of the molecule is CC(C)C1=C2[C@H]3CCC4[C@@]5(C)CC[C@H](OC(=O)CC(C)(C)C(=O)O)C(C)(C)C5CC[C@@]4(C)[C@]3(C)CC[C@@]2(CCN(CCN(C)C)Cc2nccs2)CC1=O. The fraction of sp³-hybridized carbons (Fsp3) is 0.822. The van der Waals surface area contributed by atoms with Gasteiger partial charge in [-0.25, -0.2) is 4.98 Å². The lowest BCUT2D eigenvalue weighted by Crippen LogP contribution is -2.65. The van der Waals surface area contributed by atoms with Gasteiger partial charge in [0.2, 0.25) is 0 Å². The molecule has 54 heavy (non-hydrogen) atoms. The molecule has 302 valence electrons. The van der Waals surface area contributed by atoms with E-state index in [0.717, 1.165) is 76.1 Å². The summed E-state index contributed by atoms with van der Waals surface area (Å²) in [5, 5.41) is 12.9. The van der Waals surface area contributed by atoms with Crippen molar-refractivity contribution in [2.45, 2.75) is 146 Å². The molecule has 0 aliphatic heterocycles. The third kappa shape index (κ3) is 6.96. The number of thiazole rings is 1. The van der Waals surface area contributed by atoms with E-state index in [0.29, 0.717) is 30.0 Å². The smallest absolute Gasteiger partial charge is 0.309 e. The summed E-state index contributed by atoms with van der Waals surface area (Å²) in [7, 11) is 4.29. The lowest BCUT2D eigenvalue weighted by atomic mass is 9.33. The van der Waals surface area contributed by atoms with Crippen LogP contribution in [0.1, 0.15) is 138 Å². The zero-order valence-corrected chi connectivity index (χ0v) is 36.3. The molecule has 0 amide bonds. The van der Waals surface area contributed by atoms with Gasteiger partial charge in [0, 0.05) is 41.9 Å². The summed E-state index contributed by atoms with van der Waals surface area (Å²) in [6, 6.07) is 0. The number of carbonyl (C=O) groups excluding carboxylic acids is 2. The highest BCUT2D eigenvalue weighted by molar-refractivity contribution is 7.09. The number of aliphatic carboxylic acids is 1. The van der Waals surface area contributed by atoms with Gasteiger partial charge < -0.3 is 14.7 Å². The molecule has 0 spiro atoms. The summed E-state index contributed by atoms with van der Waals surface area (Å²) in [5.74, 6) is 0.663. The van der Waals surface area contributed by atoms with Crippen LogP contribution in [0.2, 0.25) is 0 Å². The maximum atomic E-state index is 14.2. The van der Waals surface area contributed by atoms with Crippen LogP contribution in [0.25, 0.3) is 0 Å². The van der Waals surface area contributed by atoms with Gasteiger partial charge in [0.1, 0.15) is 11.1 Å². The number of esters is 1. The van der Waals surface area contributed by atoms with Crippen LogP contribution in [-0.4, -0.2) is 77.4 Å². The van der Waals surface area contributed by atoms with Gasteiger partial charge in [-0.3, -0.25) is 19.3 Å². The second kappa shape index (κ2) is 14.7. The van der Waals surface area contributed by atoms with E-state index in [-0.39, 0.29) is 45.5 Å². The van der Waals surface area contributed by atoms with Gasteiger partial charge >= 0.3 is 11.9 Å². The third-order valence-electron chi connectivity index (χ3n) is 16.6. The van der Waals surface area contributed by atoms with E-state index in [2.05, 4.69) is 82.7 Å². The number of hydrogen-bond acceptors (Lipinski definition) is 8. The van der Waals surface area contributed by atoms with E-state index in [1.165, 1.54) is 18.4 Å². The molecular formula is C45H71N3O5S. The van der Waals surface area contributed by atoms with E-state index in [9.17, 15) is 19.5 Å². The molecule has 8 nitrogen and oxygen atoms in total. The number of ether oxygens (including phenoxy) is 1. The number of rotatable bonds is 13. The monoisotopic (exact) mass is 766 g/mol. The van der Waals surface area contributed by atoms with Crippen LogP contribution in [0.4, 0.5) is 0 Å². The van der Waals surface area contributed by atoms with Crippen LogP contribution in [0.15, 0.2) is 22.7 Å². The van der Waals surface area contributed by atoms with Crippen LogP contribution in [-0.2, 0) is 25.7 Å².